The van der Waals surface area contributed by atoms with Crippen molar-refractivity contribution in [1.29, 1.82) is 0 Å². The molecule has 0 aromatic heterocycles. The van der Waals surface area contributed by atoms with E-state index in [1.807, 2.05) is 0 Å². The van der Waals surface area contributed by atoms with Crippen molar-refractivity contribution in [3.05, 3.63) is 11.6 Å². The van der Waals surface area contributed by atoms with E-state index in [9.17, 15) is 39.0 Å². The Bertz CT molecular complexity index is 1510. The van der Waals surface area contributed by atoms with Gasteiger partial charge in [0.1, 0.15) is 25.6 Å². The Balaban J connectivity index is 1.25. The second kappa shape index (κ2) is 14.1. The summed E-state index contributed by atoms with van der Waals surface area (Å²) in [4.78, 5) is 73.7. The zero-order valence-electron chi connectivity index (χ0n) is 30.3. The zero-order chi connectivity index (χ0) is 37.8. The third-order valence-electron chi connectivity index (χ3n) is 13.1. The first-order chi connectivity index (χ1) is 24.5. The van der Waals surface area contributed by atoms with E-state index in [1.54, 1.807) is 6.08 Å². The number of cyclic esters (lactones) is 1. The zero-order valence-corrected chi connectivity index (χ0v) is 30.3. The number of carbonyl (C=O) groups is 6. The van der Waals surface area contributed by atoms with Crippen molar-refractivity contribution >= 4 is 36.1 Å². The molecule has 15 heteroatoms. The van der Waals surface area contributed by atoms with E-state index in [1.165, 1.54) is 6.92 Å². The van der Waals surface area contributed by atoms with Crippen molar-refractivity contribution in [3.63, 3.8) is 0 Å². The van der Waals surface area contributed by atoms with Crippen molar-refractivity contribution < 1.29 is 72.1 Å². The molecule has 0 bridgehead atoms. The standard InChI is InChI=1S/C37H50O15/c1-19(39)46-17-28-30(48-20(2)40)31(49-21(3)41)32(50-22(4)42)33(52-28)51-24-6-11-35(18-38)26-7-10-34(5)25(23-14-29(43)47-16-23)9-13-37(34,45)27(26)8-12-36(35,44)15-24/h14,18,24-28,30-33,44-45H,6-13,15-17H2,1-5H3/t24-,25+,26-,27+,28+,30+,31-,32+,33+,34+,35-,36-,37-/m0/s1. The molecule has 13 atom stereocenters. The summed E-state index contributed by atoms with van der Waals surface area (Å²) in [6.45, 7) is 6.48. The fourth-order valence-corrected chi connectivity index (χ4v) is 10.9. The molecule has 0 aromatic carbocycles. The summed E-state index contributed by atoms with van der Waals surface area (Å²) in [6.07, 6.45) is -1.40. The summed E-state index contributed by atoms with van der Waals surface area (Å²) in [7, 11) is 0. The highest BCUT2D eigenvalue weighted by molar-refractivity contribution is 5.85. The molecule has 1 saturated heterocycles. The monoisotopic (exact) mass is 734 g/mol. The summed E-state index contributed by atoms with van der Waals surface area (Å²) >= 11 is 0. The van der Waals surface area contributed by atoms with E-state index in [0.717, 1.165) is 32.6 Å². The first-order valence-corrected chi connectivity index (χ1v) is 18.2. The van der Waals surface area contributed by atoms with Crippen LogP contribution in [-0.4, -0.2) is 108 Å². The summed E-state index contributed by atoms with van der Waals surface area (Å²) in [5.41, 5.74) is -3.40. The minimum absolute atomic E-state index is 0.0203. The van der Waals surface area contributed by atoms with Crippen LogP contribution in [0, 0.1) is 28.6 Å². The van der Waals surface area contributed by atoms with Crippen LogP contribution in [0.25, 0.3) is 0 Å². The second-order valence-electron chi connectivity index (χ2n) is 15.8. The summed E-state index contributed by atoms with van der Waals surface area (Å²) in [6, 6.07) is 0. The van der Waals surface area contributed by atoms with Gasteiger partial charge in [-0.1, -0.05) is 6.92 Å². The quantitative estimate of drug-likeness (QED) is 0.150. The van der Waals surface area contributed by atoms with Gasteiger partial charge in [0.25, 0.3) is 0 Å². The van der Waals surface area contributed by atoms with E-state index >= 15 is 0 Å². The molecule has 5 fully saturated rings. The summed E-state index contributed by atoms with van der Waals surface area (Å²) in [5, 5.41) is 25.0. The number of esters is 5. The van der Waals surface area contributed by atoms with E-state index in [-0.39, 0.29) is 49.6 Å². The number of aliphatic hydroxyl groups is 2. The van der Waals surface area contributed by atoms with Gasteiger partial charge in [0.05, 0.1) is 22.7 Å². The third-order valence-corrected chi connectivity index (χ3v) is 13.1. The van der Waals surface area contributed by atoms with Gasteiger partial charge in [-0.25, -0.2) is 4.79 Å². The molecule has 4 aliphatic carbocycles. The lowest BCUT2D eigenvalue weighted by Crippen LogP contribution is -2.69. The Morgan fingerprint density at radius 3 is 2.12 bits per heavy atom. The molecule has 15 nitrogen and oxygen atoms in total. The molecule has 0 aromatic rings. The lowest BCUT2D eigenvalue weighted by molar-refractivity contribution is -0.326. The lowest BCUT2D eigenvalue weighted by atomic mass is 9.41. The number of fused-ring (bicyclic) bond motifs is 5. The molecule has 52 heavy (non-hydrogen) atoms. The van der Waals surface area contributed by atoms with Crippen molar-refractivity contribution in [2.24, 2.45) is 28.6 Å². The molecule has 0 radical (unpaired) electrons. The van der Waals surface area contributed by atoms with Crippen LogP contribution in [-0.2, 0) is 61.9 Å². The van der Waals surface area contributed by atoms with Crippen molar-refractivity contribution in [3.8, 4) is 0 Å². The first-order valence-electron chi connectivity index (χ1n) is 18.2. The van der Waals surface area contributed by atoms with Gasteiger partial charge in [0.15, 0.2) is 24.6 Å². The topological polar surface area (TPSA) is 207 Å². The fourth-order valence-electron chi connectivity index (χ4n) is 10.9. The number of hydrogen-bond donors (Lipinski definition) is 2. The maximum atomic E-state index is 13.3. The van der Waals surface area contributed by atoms with Crippen LogP contribution in [0.5, 0.6) is 0 Å². The van der Waals surface area contributed by atoms with Gasteiger partial charge >= 0.3 is 29.8 Å². The molecule has 288 valence electrons. The van der Waals surface area contributed by atoms with Crippen LogP contribution in [0.1, 0.15) is 92.4 Å². The average molecular weight is 735 g/mol. The molecule has 2 heterocycles. The van der Waals surface area contributed by atoms with Gasteiger partial charge in [0.2, 0.25) is 0 Å². The highest BCUT2D eigenvalue weighted by Crippen LogP contribution is 2.70. The predicted octanol–water partition coefficient (Wildman–Crippen LogP) is 2.01. The van der Waals surface area contributed by atoms with E-state index in [4.69, 9.17) is 33.2 Å². The Morgan fingerprint density at radius 2 is 1.50 bits per heavy atom. The molecule has 2 aliphatic heterocycles. The van der Waals surface area contributed by atoms with Crippen LogP contribution in [0.4, 0.5) is 0 Å². The van der Waals surface area contributed by atoms with Crippen molar-refractivity contribution in [2.45, 2.75) is 140 Å². The summed E-state index contributed by atoms with van der Waals surface area (Å²) < 4.78 is 39.5. The molecule has 2 N–H and O–H groups in total. The highest BCUT2D eigenvalue weighted by atomic mass is 16.7. The maximum absolute atomic E-state index is 13.3. The number of aldehydes is 1. The van der Waals surface area contributed by atoms with E-state index in [2.05, 4.69) is 6.92 Å². The molecular weight excluding hydrogens is 684 g/mol. The second-order valence-corrected chi connectivity index (χ2v) is 15.8. The molecule has 6 rings (SSSR count). The van der Waals surface area contributed by atoms with Gasteiger partial charge in [-0.05, 0) is 74.7 Å². The molecule has 6 aliphatic rings. The number of carbonyl (C=O) groups excluding carboxylic acids is 6. The van der Waals surface area contributed by atoms with Gasteiger partial charge < -0.3 is 48.2 Å². The van der Waals surface area contributed by atoms with Gasteiger partial charge in [0, 0.05) is 45.6 Å². The Morgan fingerprint density at radius 1 is 0.846 bits per heavy atom. The third kappa shape index (κ3) is 6.45. The maximum Gasteiger partial charge on any atom is 0.331 e. The lowest BCUT2D eigenvalue weighted by Gasteiger charge is -2.65. The number of rotatable bonds is 9. The number of ether oxygens (including phenoxy) is 7. The Kier molecular flexibility index (Phi) is 10.4. The molecular formula is C37H50O15. The van der Waals surface area contributed by atoms with Gasteiger partial charge in [-0.15, -0.1) is 0 Å². The van der Waals surface area contributed by atoms with Crippen molar-refractivity contribution in [2.75, 3.05) is 13.2 Å². The SMILES string of the molecule is CC(=O)OC[C@H]1O[C@@H](O[C@H]2CC[C@]3(C=O)[C@H]4CC[C@]5(C)[C@@H](C6=CC(=O)OC6)CC[C@]5(O)[C@@H]4CC[C@]3(O)C2)[C@H](OC(C)=O)[C@@H](OC(C)=O)[C@@H]1OC(C)=O. The fraction of sp³-hybridized carbons (Fsp3) is 0.784. The summed E-state index contributed by atoms with van der Waals surface area (Å²) in [5.74, 6) is -3.89. The Hall–Kier alpha value is -3.40. The Labute approximate surface area is 302 Å². The van der Waals surface area contributed by atoms with Gasteiger partial charge in [-0.2, -0.15) is 0 Å². The average Bonchev–Trinajstić information content (AvgIpc) is 3.61. The van der Waals surface area contributed by atoms with E-state index < -0.39 is 89.3 Å². The molecule has 4 saturated carbocycles. The first kappa shape index (κ1) is 38.3. The highest BCUT2D eigenvalue weighted by Gasteiger charge is 2.71. The number of hydrogen-bond acceptors (Lipinski definition) is 15. The smallest absolute Gasteiger partial charge is 0.331 e. The van der Waals surface area contributed by atoms with Crippen LogP contribution >= 0.6 is 0 Å². The minimum atomic E-state index is -1.51. The molecule has 0 spiro atoms. The van der Waals surface area contributed by atoms with Crippen LogP contribution < -0.4 is 0 Å². The van der Waals surface area contributed by atoms with Gasteiger partial charge in [-0.3, -0.25) is 19.2 Å². The molecule has 0 unspecified atom stereocenters. The van der Waals surface area contributed by atoms with Crippen molar-refractivity contribution in [1.82, 2.24) is 0 Å². The largest absolute Gasteiger partial charge is 0.463 e. The van der Waals surface area contributed by atoms with Crippen LogP contribution in [0.3, 0.4) is 0 Å². The molecule has 0 amide bonds. The normalized spacial score (nSPS) is 43.8. The van der Waals surface area contributed by atoms with E-state index in [0.29, 0.717) is 38.5 Å². The van der Waals surface area contributed by atoms with Crippen LogP contribution in [0.15, 0.2) is 11.6 Å². The minimum Gasteiger partial charge on any atom is -0.463 e. The predicted molar refractivity (Wildman–Crippen MR) is 174 cm³/mol. The van der Waals surface area contributed by atoms with Crippen LogP contribution in [0.2, 0.25) is 0 Å².